The van der Waals surface area contributed by atoms with Crippen LogP contribution < -0.4 is 5.32 Å². The third kappa shape index (κ3) is 3.62. The molecule has 114 valence electrons. The number of thioether (sulfide) groups is 2. The Balaban J connectivity index is 1.77. The first-order valence-electron chi connectivity index (χ1n) is 6.72. The summed E-state index contributed by atoms with van der Waals surface area (Å²) in [4.78, 5) is 12.1. The molecule has 0 saturated carbocycles. The Kier molecular flexibility index (Phi) is 4.69. The molecule has 2 aromatic carbocycles. The number of benzene rings is 2. The summed E-state index contributed by atoms with van der Waals surface area (Å²) in [6.45, 7) is 0. The van der Waals surface area contributed by atoms with Crippen LogP contribution in [0, 0.1) is 11.6 Å². The predicted octanol–water partition coefficient (Wildman–Crippen LogP) is 4.70. The Morgan fingerprint density at radius 2 is 1.73 bits per heavy atom. The van der Waals surface area contributed by atoms with Gasteiger partial charge in [0.2, 0.25) is 0 Å². The molecule has 2 nitrogen and oxygen atoms in total. The molecule has 1 aliphatic rings. The lowest BCUT2D eigenvalue weighted by atomic mass is 10.1. The quantitative estimate of drug-likeness (QED) is 0.880. The highest BCUT2D eigenvalue weighted by Gasteiger charge is 2.18. The van der Waals surface area contributed by atoms with Crippen molar-refractivity contribution in [2.45, 2.75) is 4.58 Å². The van der Waals surface area contributed by atoms with Crippen molar-refractivity contribution in [2.75, 3.05) is 16.8 Å². The zero-order valence-electron chi connectivity index (χ0n) is 11.5. The molecular formula is C16H13F2NOS2. The summed E-state index contributed by atoms with van der Waals surface area (Å²) in [7, 11) is 0. The van der Waals surface area contributed by atoms with Gasteiger partial charge in [0.25, 0.3) is 5.91 Å². The molecule has 3 rings (SSSR count). The number of carbonyl (C=O) groups is 1. The lowest BCUT2D eigenvalue weighted by Crippen LogP contribution is -2.12. The Labute approximate surface area is 135 Å². The van der Waals surface area contributed by atoms with Gasteiger partial charge in [-0.25, -0.2) is 8.78 Å². The fraction of sp³-hybridized carbons (Fsp3) is 0.188. The summed E-state index contributed by atoms with van der Waals surface area (Å²) in [6, 6.07) is 10.3. The van der Waals surface area contributed by atoms with Crippen molar-refractivity contribution in [2.24, 2.45) is 0 Å². The summed E-state index contributed by atoms with van der Waals surface area (Å²) >= 11 is 3.75. The van der Waals surface area contributed by atoms with Crippen LogP contribution in [0.4, 0.5) is 14.5 Å². The number of hydrogen-bond acceptors (Lipinski definition) is 3. The minimum Gasteiger partial charge on any atom is -0.322 e. The van der Waals surface area contributed by atoms with E-state index in [2.05, 4.69) is 5.32 Å². The summed E-state index contributed by atoms with van der Waals surface area (Å²) in [5.41, 5.74) is 1.73. The van der Waals surface area contributed by atoms with Crippen molar-refractivity contribution in [3.63, 3.8) is 0 Å². The largest absolute Gasteiger partial charge is 0.322 e. The van der Waals surface area contributed by atoms with Crippen LogP contribution in [0.25, 0.3) is 0 Å². The predicted molar refractivity (Wildman–Crippen MR) is 88.4 cm³/mol. The van der Waals surface area contributed by atoms with Gasteiger partial charge in [0, 0.05) is 28.8 Å². The van der Waals surface area contributed by atoms with Gasteiger partial charge in [-0.05, 0) is 29.8 Å². The highest BCUT2D eigenvalue weighted by Crippen LogP contribution is 2.45. The third-order valence-corrected chi connectivity index (χ3v) is 6.27. The molecule has 1 amide bonds. The van der Waals surface area contributed by atoms with E-state index < -0.39 is 17.5 Å². The van der Waals surface area contributed by atoms with Crippen LogP contribution in [-0.4, -0.2) is 17.4 Å². The Bertz CT molecular complexity index is 682. The Morgan fingerprint density at radius 3 is 2.41 bits per heavy atom. The second-order valence-corrected chi connectivity index (χ2v) is 7.54. The molecule has 6 heteroatoms. The van der Waals surface area contributed by atoms with Gasteiger partial charge < -0.3 is 5.32 Å². The van der Waals surface area contributed by atoms with Gasteiger partial charge in [0.05, 0.1) is 4.58 Å². The van der Waals surface area contributed by atoms with Crippen molar-refractivity contribution in [1.29, 1.82) is 0 Å². The minimum absolute atomic E-state index is 0.0347. The van der Waals surface area contributed by atoms with Gasteiger partial charge in [0.15, 0.2) is 0 Å². The summed E-state index contributed by atoms with van der Waals surface area (Å²) in [5, 5.41) is 2.69. The van der Waals surface area contributed by atoms with Crippen molar-refractivity contribution in [3.8, 4) is 0 Å². The smallest absolute Gasteiger partial charge is 0.255 e. The van der Waals surface area contributed by atoms with Gasteiger partial charge in [-0.1, -0.05) is 12.1 Å². The normalized spacial score (nSPS) is 15.0. The first-order chi connectivity index (χ1) is 10.6. The first-order valence-corrected chi connectivity index (χ1v) is 8.82. The monoisotopic (exact) mass is 337 g/mol. The van der Waals surface area contributed by atoms with Crippen LogP contribution >= 0.6 is 23.5 Å². The molecule has 1 heterocycles. The molecule has 0 aromatic heterocycles. The van der Waals surface area contributed by atoms with E-state index in [4.69, 9.17) is 0 Å². The number of rotatable bonds is 3. The van der Waals surface area contributed by atoms with E-state index in [1.165, 1.54) is 0 Å². The summed E-state index contributed by atoms with van der Waals surface area (Å²) in [5.74, 6) is 0.181. The van der Waals surface area contributed by atoms with Crippen molar-refractivity contribution in [1.82, 2.24) is 0 Å². The number of amides is 1. The van der Waals surface area contributed by atoms with E-state index in [1.807, 2.05) is 41.7 Å². The van der Waals surface area contributed by atoms with Gasteiger partial charge in [-0.2, -0.15) is 0 Å². The lowest BCUT2D eigenvalue weighted by molar-refractivity contribution is 0.102. The lowest BCUT2D eigenvalue weighted by Gasteiger charge is -2.11. The Morgan fingerprint density at radius 1 is 1.05 bits per heavy atom. The molecule has 0 radical (unpaired) electrons. The number of halogens is 2. The SMILES string of the molecule is O=C(Nc1cccc(C2SCCS2)c1)c1cc(F)cc(F)c1. The summed E-state index contributed by atoms with van der Waals surface area (Å²) in [6.07, 6.45) is 0. The first kappa shape index (κ1) is 15.4. The molecule has 0 atom stereocenters. The minimum atomic E-state index is -0.766. The zero-order valence-corrected chi connectivity index (χ0v) is 13.1. The zero-order chi connectivity index (χ0) is 15.5. The number of anilines is 1. The number of hydrogen-bond donors (Lipinski definition) is 1. The third-order valence-electron chi connectivity index (χ3n) is 3.16. The molecule has 1 N–H and O–H groups in total. The molecule has 1 fully saturated rings. The number of nitrogens with one attached hydrogen (secondary N) is 1. The van der Waals surface area contributed by atoms with Gasteiger partial charge in [-0.3, -0.25) is 4.79 Å². The molecule has 0 spiro atoms. The fourth-order valence-corrected chi connectivity index (χ4v) is 5.04. The Hall–Kier alpha value is -1.53. The molecule has 1 saturated heterocycles. The van der Waals surface area contributed by atoms with Crippen LogP contribution in [-0.2, 0) is 0 Å². The highest BCUT2D eigenvalue weighted by molar-refractivity contribution is 8.19. The van der Waals surface area contributed by atoms with E-state index in [0.717, 1.165) is 35.3 Å². The number of carbonyl (C=O) groups excluding carboxylic acids is 1. The van der Waals surface area contributed by atoms with Gasteiger partial charge in [-0.15, -0.1) is 23.5 Å². The van der Waals surface area contributed by atoms with Crippen LogP contribution in [0.2, 0.25) is 0 Å². The average molecular weight is 337 g/mol. The summed E-state index contributed by atoms with van der Waals surface area (Å²) < 4.78 is 26.7. The van der Waals surface area contributed by atoms with Crippen LogP contribution in [0.5, 0.6) is 0 Å². The maximum absolute atomic E-state index is 13.2. The second-order valence-electron chi connectivity index (χ2n) is 4.81. The molecule has 0 aliphatic carbocycles. The average Bonchev–Trinajstić information content (AvgIpc) is 3.00. The molecule has 0 bridgehead atoms. The maximum atomic E-state index is 13.2. The van der Waals surface area contributed by atoms with E-state index in [0.29, 0.717) is 10.3 Å². The van der Waals surface area contributed by atoms with E-state index in [-0.39, 0.29) is 5.56 Å². The van der Waals surface area contributed by atoms with Crippen LogP contribution in [0.1, 0.15) is 20.5 Å². The molecule has 0 unspecified atom stereocenters. The fourth-order valence-electron chi connectivity index (χ4n) is 2.20. The van der Waals surface area contributed by atoms with Crippen molar-refractivity contribution in [3.05, 3.63) is 65.2 Å². The molecule has 22 heavy (non-hydrogen) atoms. The van der Waals surface area contributed by atoms with Gasteiger partial charge in [0.1, 0.15) is 11.6 Å². The van der Waals surface area contributed by atoms with E-state index in [1.54, 1.807) is 6.07 Å². The standard InChI is InChI=1S/C16H13F2NOS2/c17-12-6-11(7-13(18)9-12)15(20)19-14-3-1-2-10(8-14)16-21-4-5-22-16/h1-3,6-9,16H,4-5H2,(H,19,20). The molecular weight excluding hydrogens is 324 g/mol. The molecule has 1 aliphatic heterocycles. The van der Waals surface area contributed by atoms with E-state index in [9.17, 15) is 13.6 Å². The topological polar surface area (TPSA) is 29.1 Å². The maximum Gasteiger partial charge on any atom is 0.255 e. The van der Waals surface area contributed by atoms with Crippen molar-refractivity contribution < 1.29 is 13.6 Å². The van der Waals surface area contributed by atoms with E-state index >= 15 is 0 Å². The molecule has 2 aromatic rings. The van der Waals surface area contributed by atoms with Gasteiger partial charge >= 0.3 is 0 Å². The van der Waals surface area contributed by atoms with Crippen molar-refractivity contribution >= 4 is 35.1 Å². The second kappa shape index (κ2) is 6.71. The van der Waals surface area contributed by atoms with Crippen LogP contribution in [0.15, 0.2) is 42.5 Å². The highest BCUT2D eigenvalue weighted by atomic mass is 32.2. The van der Waals surface area contributed by atoms with Crippen LogP contribution in [0.3, 0.4) is 0 Å².